The van der Waals surface area contributed by atoms with Gasteiger partial charge in [0.1, 0.15) is 19.1 Å². The lowest BCUT2D eigenvalue weighted by molar-refractivity contribution is 0.419. The van der Waals surface area contributed by atoms with Crippen molar-refractivity contribution in [2.75, 3.05) is 7.11 Å². The Bertz CT molecular complexity index is 1090. The monoisotopic (exact) mass is 314 g/mol. The topological polar surface area (TPSA) is 52.3 Å². The van der Waals surface area contributed by atoms with Gasteiger partial charge in [-0.25, -0.2) is 4.98 Å². The van der Waals surface area contributed by atoms with Gasteiger partial charge in [0, 0.05) is 5.56 Å². The van der Waals surface area contributed by atoms with Crippen molar-refractivity contribution in [3.8, 4) is 17.1 Å². The number of fused-ring (bicyclic) bond motifs is 3. The summed E-state index contributed by atoms with van der Waals surface area (Å²) in [5.41, 5.74) is 5.84. The maximum absolute atomic E-state index is 5.98. The van der Waals surface area contributed by atoms with Gasteiger partial charge in [0.05, 0.1) is 18.3 Å². The zero-order chi connectivity index (χ0) is 16.8. The van der Waals surface area contributed by atoms with Crippen molar-refractivity contribution in [1.82, 2.24) is 19.6 Å². The SMILES string of the molecule is [B]c1cc(OC)c2c(c1)nc(C)c1nnc(-c3ccccc3C)n12. The Morgan fingerprint density at radius 1 is 1.08 bits per heavy atom. The van der Waals surface area contributed by atoms with Crippen LogP contribution in [0.1, 0.15) is 11.3 Å². The van der Waals surface area contributed by atoms with Crippen LogP contribution in [-0.2, 0) is 0 Å². The molecular weight excluding hydrogens is 299 g/mol. The van der Waals surface area contributed by atoms with Crippen molar-refractivity contribution < 1.29 is 4.74 Å². The van der Waals surface area contributed by atoms with Crippen LogP contribution in [0.3, 0.4) is 0 Å². The predicted molar refractivity (Wildman–Crippen MR) is 95.1 cm³/mol. The number of benzene rings is 2. The molecule has 4 rings (SSSR count). The highest BCUT2D eigenvalue weighted by molar-refractivity contribution is 6.33. The van der Waals surface area contributed by atoms with Crippen molar-refractivity contribution >= 4 is 30.0 Å². The van der Waals surface area contributed by atoms with Crippen molar-refractivity contribution in [2.45, 2.75) is 13.8 Å². The molecule has 0 bridgehead atoms. The molecule has 6 heteroatoms. The van der Waals surface area contributed by atoms with Crippen LogP contribution in [-0.4, -0.2) is 34.5 Å². The van der Waals surface area contributed by atoms with Gasteiger partial charge in [-0.3, -0.25) is 4.40 Å². The number of aromatic nitrogens is 4. The number of nitrogens with zero attached hydrogens (tertiary/aromatic N) is 4. The van der Waals surface area contributed by atoms with Crippen LogP contribution in [0.25, 0.3) is 28.1 Å². The molecule has 24 heavy (non-hydrogen) atoms. The quantitative estimate of drug-likeness (QED) is 0.533. The van der Waals surface area contributed by atoms with Crippen LogP contribution < -0.4 is 10.2 Å². The third-order valence-electron chi connectivity index (χ3n) is 4.18. The molecule has 2 heterocycles. The van der Waals surface area contributed by atoms with E-state index in [1.807, 2.05) is 35.6 Å². The second-order valence-corrected chi connectivity index (χ2v) is 5.79. The predicted octanol–water partition coefficient (Wildman–Crippen LogP) is 2.36. The van der Waals surface area contributed by atoms with E-state index < -0.39 is 0 Å². The van der Waals surface area contributed by atoms with E-state index in [0.29, 0.717) is 16.9 Å². The van der Waals surface area contributed by atoms with Crippen LogP contribution in [0, 0.1) is 13.8 Å². The first kappa shape index (κ1) is 14.7. The summed E-state index contributed by atoms with van der Waals surface area (Å²) < 4.78 is 7.55. The summed E-state index contributed by atoms with van der Waals surface area (Å²) in [5, 5.41) is 8.77. The van der Waals surface area contributed by atoms with Crippen LogP contribution in [0.4, 0.5) is 0 Å². The standard InChI is InChI=1S/C18H15BN4O/c1-10-6-4-5-7-13(10)18-22-21-17-11(2)20-14-8-12(19)9-15(24-3)16(14)23(17)18/h4-9H,1-3H3. The Hall–Kier alpha value is -2.89. The molecule has 2 radical (unpaired) electrons. The van der Waals surface area contributed by atoms with Gasteiger partial charge >= 0.3 is 0 Å². The normalized spacial score (nSPS) is 11.3. The first-order valence-corrected chi connectivity index (χ1v) is 7.65. The lowest BCUT2D eigenvalue weighted by Gasteiger charge is -2.12. The zero-order valence-corrected chi connectivity index (χ0v) is 13.7. The molecule has 4 aromatic rings. The average Bonchev–Trinajstić information content (AvgIpc) is 2.99. The van der Waals surface area contributed by atoms with E-state index in [-0.39, 0.29) is 0 Å². The first-order valence-electron chi connectivity index (χ1n) is 7.65. The lowest BCUT2D eigenvalue weighted by Crippen LogP contribution is -2.07. The molecule has 0 amide bonds. The molecule has 2 aromatic heterocycles. The Morgan fingerprint density at radius 2 is 1.88 bits per heavy atom. The molecule has 0 aliphatic rings. The van der Waals surface area contributed by atoms with Crippen molar-refractivity contribution in [3.63, 3.8) is 0 Å². The minimum Gasteiger partial charge on any atom is -0.494 e. The number of aryl methyl sites for hydroxylation is 2. The number of ether oxygens (including phenoxy) is 1. The third kappa shape index (κ3) is 2.06. The van der Waals surface area contributed by atoms with E-state index >= 15 is 0 Å². The van der Waals surface area contributed by atoms with Gasteiger partial charge in [0.2, 0.25) is 0 Å². The highest BCUT2D eigenvalue weighted by atomic mass is 16.5. The smallest absolute Gasteiger partial charge is 0.183 e. The fourth-order valence-electron chi connectivity index (χ4n) is 3.04. The van der Waals surface area contributed by atoms with Crippen molar-refractivity contribution in [2.24, 2.45) is 0 Å². The number of rotatable bonds is 2. The van der Waals surface area contributed by atoms with Gasteiger partial charge in [-0.2, -0.15) is 0 Å². The molecular formula is C18H15BN4O. The molecule has 0 atom stereocenters. The van der Waals surface area contributed by atoms with E-state index in [2.05, 4.69) is 28.2 Å². The summed E-state index contributed by atoms with van der Waals surface area (Å²) in [6.07, 6.45) is 0. The number of hydrogen-bond acceptors (Lipinski definition) is 4. The van der Waals surface area contributed by atoms with Crippen LogP contribution in [0.2, 0.25) is 0 Å². The molecule has 0 aliphatic heterocycles. The maximum Gasteiger partial charge on any atom is 0.183 e. The van der Waals surface area contributed by atoms with E-state index in [4.69, 9.17) is 12.6 Å². The van der Waals surface area contributed by atoms with Crippen LogP contribution >= 0.6 is 0 Å². The fourth-order valence-corrected chi connectivity index (χ4v) is 3.04. The maximum atomic E-state index is 5.98. The van der Waals surface area contributed by atoms with E-state index in [1.165, 1.54) is 0 Å². The minimum atomic E-state index is 0.608. The summed E-state index contributed by atoms with van der Waals surface area (Å²) in [5.74, 6) is 1.42. The van der Waals surface area contributed by atoms with Gasteiger partial charge in [-0.1, -0.05) is 29.7 Å². The highest BCUT2D eigenvalue weighted by Gasteiger charge is 2.18. The van der Waals surface area contributed by atoms with Gasteiger partial charge in [0.25, 0.3) is 0 Å². The summed E-state index contributed by atoms with van der Waals surface area (Å²) in [7, 11) is 7.61. The second-order valence-electron chi connectivity index (χ2n) is 5.79. The van der Waals surface area contributed by atoms with E-state index in [0.717, 1.165) is 33.7 Å². The van der Waals surface area contributed by atoms with E-state index in [9.17, 15) is 0 Å². The minimum absolute atomic E-state index is 0.608. The molecule has 0 N–H and O–H groups in total. The fraction of sp³-hybridized carbons (Fsp3) is 0.167. The third-order valence-corrected chi connectivity index (χ3v) is 4.18. The number of methoxy groups -OCH3 is 1. The van der Waals surface area contributed by atoms with Gasteiger partial charge < -0.3 is 4.74 Å². The molecule has 0 aliphatic carbocycles. The Labute approximate surface area is 140 Å². The Balaban J connectivity index is 2.22. The molecule has 0 unspecified atom stereocenters. The summed E-state index contributed by atoms with van der Waals surface area (Å²) >= 11 is 0. The van der Waals surface area contributed by atoms with Crippen LogP contribution in [0.5, 0.6) is 5.75 Å². The summed E-state index contributed by atoms with van der Waals surface area (Å²) in [6, 6.07) is 11.7. The van der Waals surface area contributed by atoms with E-state index in [1.54, 1.807) is 13.2 Å². The molecule has 0 fully saturated rings. The number of hydrogen-bond donors (Lipinski definition) is 0. The van der Waals surface area contributed by atoms with Crippen LogP contribution in [0.15, 0.2) is 36.4 Å². The zero-order valence-electron chi connectivity index (χ0n) is 13.7. The average molecular weight is 314 g/mol. The Kier molecular flexibility index (Phi) is 3.27. The first-order chi connectivity index (χ1) is 11.6. The molecule has 0 saturated heterocycles. The summed E-state index contributed by atoms with van der Waals surface area (Å²) in [6.45, 7) is 3.97. The second kappa shape index (κ2) is 5.34. The van der Waals surface area contributed by atoms with Crippen molar-refractivity contribution in [1.29, 1.82) is 0 Å². The largest absolute Gasteiger partial charge is 0.494 e. The molecule has 116 valence electrons. The highest BCUT2D eigenvalue weighted by Crippen LogP contribution is 2.30. The van der Waals surface area contributed by atoms with Gasteiger partial charge in [-0.05, 0) is 31.5 Å². The summed E-state index contributed by atoms with van der Waals surface area (Å²) in [4.78, 5) is 4.62. The van der Waals surface area contributed by atoms with Crippen molar-refractivity contribution in [3.05, 3.63) is 47.7 Å². The molecule has 2 aromatic carbocycles. The van der Waals surface area contributed by atoms with Gasteiger partial charge in [0.15, 0.2) is 11.5 Å². The van der Waals surface area contributed by atoms with Gasteiger partial charge in [-0.15, -0.1) is 10.2 Å². The lowest BCUT2D eigenvalue weighted by atomic mass is 9.95. The molecule has 0 saturated carbocycles. The molecule has 5 nitrogen and oxygen atoms in total. The molecule has 0 spiro atoms. The Morgan fingerprint density at radius 3 is 2.62 bits per heavy atom.